The van der Waals surface area contributed by atoms with E-state index in [2.05, 4.69) is 10.6 Å². The minimum atomic E-state index is -0.282. The van der Waals surface area contributed by atoms with E-state index in [9.17, 15) is 4.79 Å². The number of hydrogen-bond acceptors (Lipinski definition) is 7. The van der Waals surface area contributed by atoms with Crippen molar-refractivity contribution in [3.8, 4) is 23.0 Å². The summed E-state index contributed by atoms with van der Waals surface area (Å²) in [6.45, 7) is 2.57. The SMILES string of the molecule is CCOc1ccc([C@H]2Nc3ccccc3NC3=C2C(=O)C[C@@H](c2cc(OC)c(OC)c(OC)c2)C3)cc1. The van der Waals surface area contributed by atoms with Crippen LogP contribution in [-0.4, -0.2) is 33.7 Å². The number of para-hydroxylation sites is 2. The molecule has 37 heavy (non-hydrogen) atoms. The molecule has 0 spiro atoms. The molecular weight excluding hydrogens is 468 g/mol. The van der Waals surface area contributed by atoms with Crippen LogP contribution in [0.2, 0.25) is 0 Å². The number of hydrogen-bond donors (Lipinski definition) is 2. The van der Waals surface area contributed by atoms with Crippen LogP contribution in [0.1, 0.15) is 42.9 Å². The highest BCUT2D eigenvalue weighted by atomic mass is 16.5. The van der Waals surface area contributed by atoms with E-state index in [1.807, 2.05) is 67.6 Å². The monoisotopic (exact) mass is 500 g/mol. The number of benzene rings is 3. The van der Waals surface area contributed by atoms with Crippen LogP contribution in [-0.2, 0) is 4.79 Å². The van der Waals surface area contributed by atoms with Gasteiger partial charge in [0.15, 0.2) is 17.3 Å². The van der Waals surface area contributed by atoms with Crippen LogP contribution < -0.4 is 29.6 Å². The van der Waals surface area contributed by atoms with Gasteiger partial charge in [-0.25, -0.2) is 0 Å². The standard InChI is InChI=1S/C30H32N2O5/c1-5-37-21-12-10-18(11-13-21)29-28-24(31-22-8-6-7-9-23(22)32-29)14-19(15-25(28)33)20-16-26(34-2)30(36-4)27(17-20)35-3/h6-13,16-17,19,29,31-32H,5,14-15H2,1-4H3/t19-,29+/m0/s1. The molecule has 0 aromatic heterocycles. The van der Waals surface area contributed by atoms with E-state index in [1.165, 1.54) is 0 Å². The van der Waals surface area contributed by atoms with Crippen LogP contribution in [0.5, 0.6) is 23.0 Å². The van der Waals surface area contributed by atoms with Gasteiger partial charge in [-0.05, 0) is 66.8 Å². The van der Waals surface area contributed by atoms with Crippen LogP contribution in [0, 0.1) is 0 Å². The normalized spacial score (nSPS) is 18.5. The van der Waals surface area contributed by atoms with Gasteiger partial charge in [0.25, 0.3) is 0 Å². The van der Waals surface area contributed by atoms with Gasteiger partial charge in [-0.15, -0.1) is 0 Å². The van der Waals surface area contributed by atoms with Gasteiger partial charge >= 0.3 is 0 Å². The van der Waals surface area contributed by atoms with Crippen molar-refractivity contribution in [1.82, 2.24) is 0 Å². The Morgan fingerprint density at radius 2 is 1.51 bits per heavy atom. The molecule has 7 heteroatoms. The van der Waals surface area contributed by atoms with Crippen molar-refractivity contribution in [2.24, 2.45) is 0 Å². The number of methoxy groups -OCH3 is 3. The molecule has 2 aliphatic rings. The summed E-state index contributed by atoms with van der Waals surface area (Å²) in [5, 5.41) is 7.21. The molecule has 0 fully saturated rings. The van der Waals surface area contributed by atoms with Crippen molar-refractivity contribution in [3.63, 3.8) is 0 Å². The Morgan fingerprint density at radius 3 is 2.14 bits per heavy atom. The van der Waals surface area contributed by atoms with Crippen molar-refractivity contribution in [1.29, 1.82) is 0 Å². The van der Waals surface area contributed by atoms with Crippen molar-refractivity contribution >= 4 is 17.2 Å². The topological polar surface area (TPSA) is 78.1 Å². The second-order valence-electron chi connectivity index (χ2n) is 9.13. The van der Waals surface area contributed by atoms with Gasteiger partial charge in [0.05, 0.1) is 45.4 Å². The van der Waals surface area contributed by atoms with E-state index in [4.69, 9.17) is 18.9 Å². The van der Waals surface area contributed by atoms with E-state index in [0.717, 1.165) is 39.5 Å². The maximum atomic E-state index is 13.9. The molecule has 1 heterocycles. The largest absolute Gasteiger partial charge is 0.494 e. The number of anilines is 2. The zero-order chi connectivity index (χ0) is 25.9. The predicted molar refractivity (Wildman–Crippen MR) is 144 cm³/mol. The molecule has 0 saturated heterocycles. The molecule has 2 atom stereocenters. The Kier molecular flexibility index (Phi) is 6.95. The van der Waals surface area contributed by atoms with Gasteiger partial charge in [-0.2, -0.15) is 0 Å². The fourth-order valence-electron chi connectivity index (χ4n) is 5.24. The van der Waals surface area contributed by atoms with Crippen LogP contribution in [0.3, 0.4) is 0 Å². The van der Waals surface area contributed by atoms with Gasteiger partial charge in [-0.1, -0.05) is 24.3 Å². The Balaban J connectivity index is 1.57. The first-order valence-corrected chi connectivity index (χ1v) is 12.5. The Hall–Kier alpha value is -4.13. The van der Waals surface area contributed by atoms with Gasteiger partial charge in [0, 0.05) is 17.7 Å². The average Bonchev–Trinajstić information content (AvgIpc) is 3.09. The molecule has 192 valence electrons. The smallest absolute Gasteiger partial charge is 0.203 e. The summed E-state index contributed by atoms with van der Waals surface area (Å²) >= 11 is 0. The molecule has 1 aliphatic heterocycles. The van der Waals surface area contributed by atoms with Gasteiger partial charge < -0.3 is 29.6 Å². The summed E-state index contributed by atoms with van der Waals surface area (Å²) in [4.78, 5) is 13.9. The highest BCUT2D eigenvalue weighted by Gasteiger charge is 2.36. The molecule has 7 nitrogen and oxygen atoms in total. The van der Waals surface area contributed by atoms with Crippen LogP contribution >= 0.6 is 0 Å². The fourth-order valence-corrected chi connectivity index (χ4v) is 5.24. The number of rotatable bonds is 7. The average molecular weight is 501 g/mol. The lowest BCUT2D eigenvalue weighted by molar-refractivity contribution is -0.116. The number of fused-ring (bicyclic) bond motifs is 1. The molecule has 5 rings (SSSR count). The van der Waals surface area contributed by atoms with E-state index < -0.39 is 0 Å². The Morgan fingerprint density at radius 1 is 0.838 bits per heavy atom. The zero-order valence-electron chi connectivity index (χ0n) is 21.6. The molecular formula is C30H32N2O5. The summed E-state index contributed by atoms with van der Waals surface area (Å²) < 4.78 is 22.3. The molecule has 3 aromatic carbocycles. The highest BCUT2D eigenvalue weighted by Crippen LogP contribution is 2.47. The third kappa shape index (κ3) is 4.69. The zero-order valence-corrected chi connectivity index (χ0v) is 21.6. The molecule has 1 aliphatic carbocycles. The van der Waals surface area contributed by atoms with Crippen molar-refractivity contribution in [2.45, 2.75) is 31.7 Å². The Labute approximate surface area is 217 Å². The lowest BCUT2D eigenvalue weighted by Gasteiger charge is -2.30. The summed E-state index contributed by atoms with van der Waals surface area (Å²) in [7, 11) is 4.79. The van der Waals surface area contributed by atoms with Crippen LogP contribution in [0.15, 0.2) is 71.9 Å². The summed E-state index contributed by atoms with van der Waals surface area (Å²) in [6, 6.07) is 19.6. The van der Waals surface area contributed by atoms with Crippen molar-refractivity contribution < 1.29 is 23.7 Å². The van der Waals surface area contributed by atoms with Gasteiger partial charge in [0.1, 0.15) is 5.75 Å². The van der Waals surface area contributed by atoms with E-state index in [0.29, 0.717) is 36.7 Å². The lowest BCUT2D eigenvalue weighted by atomic mass is 9.78. The first kappa shape index (κ1) is 24.6. The predicted octanol–water partition coefficient (Wildman–Crippen LogP) is 6.09. The number of ketones is 1. The first-order chi connectivity index (χ1) is 18.1. The third-order valence-electron chi connectivity index (χ3n) is 6.99. The molecule has 0 amide bonds. The minimum Gasteiger partial charge on any atom is -0.494 e. The molecule has 2 N–H and O–H groups in total. The molecule has 0 bridgehead atoms. The lowest BCUT2D eigenvalue weighted by Crippen LogP contribution is -2.27. The number of Topliss-reactive ketones (excluding diaryl/α,β-unsaturated/α-hetero) is 1. The summed E-state index contributed by atoms with van der Waals surface area (Å²) in [5.74, 6) is 2.57. The number of nitrogens with one attached hydrogen (secondary N) is 2. The van der Waals surface area contributed by atoms with Crippen molar-refractivity contribution in [3.05, 3.63) is 83.1 Å². The fraction of sp³-hybridized carbons (Fsp3) is 0.300. The second-order valence-corrected chi connectivity index (χ2v) is 9.13. The van der Waals surface area contributed by atoms with E-state index in [-0.39, 0.29) is 17.7 Å². The highest BCUT2D eigenvalue weighted by molar-refractivity contribution is 6.01. The molecule has 3 aromatic rings. The van der Waals surface area contributed by atoms with Crippen molar-refractivity contribution in [2.75, 3.05) is 38.6 Å². The maximum Gasteiger partial charge on any atom is 0.203 e. The number of allylic oxidation sites excluding steroid dienone is 1. The maximum absolute atomic E-state index is 13.9. The number of carbonyl (C=O) groups is 1. The summed E-state index contributed by atoms with van der Waals surface area (Å²) in [5.41, 5.74) is 5.57. The Bertz CT molecular complexity index is 1310. The van der Waals surface area contributed by atoms with Crippen LogP contribution in [0.4, 0.5) is 11.4 Å². The molecule has 0 saturated carbocycles. The van der Waals surface area contributed by atoms with Crippen LogP contribution in [0.25, 0.3) is 0 Å². The second kappa shape index (κ2) is 10.5. The van der Waals surface area contributed by atoms with Gasteiger partial charge in [-0.3, -0.25) is 4.79 Å². The van der Waals surface area contributed by atoms with E-state index >= 15 is 0 Å². The minimum absolute atomic E-state index is 0.0429. The molecule has 0 unspecified atom stereocenters. The third-order valence-corrected chi connectivity index (χ3v) is 6.99. The quantitative estimate of drug-likeness (QED) is 0.406. The summed E-state index contributed by atoms with van der Waals surface area (Å²) in [6.07, 6.45) is 1.05. The first-order valence-electron chi connectivity index (χ1n) is 12.5. The number of carbonyl (C=O) groups excluding carboxylic acids is 1. The number of ether oxygens (including phenoxy) is 4. The molecule has 0 radical (unpaired) electrons. The van der Waals surface area contributed by atoms with E-state index in [1.54, 1.807) is 21.3 Å². The van der Waals surface area contributed by atoms with Gasteiger partial charge in [0.2, 0.25) is 5.75 Å².